The molecule has 0 aliphatic heterocycles. The van der Waals surface area contributed by atoms with E-state index in [0.29, 0.717) is 12.2 Å². The molecule has 10 amide bonds. The Balaban J connectivity index is 6.50. The smallest absolute Gasteiger partial charge is 0.326 e. The number of rotatable bonds is 40. The van der Waals surface area contributed by atoms with Crippen LogP contribution in [0.3, 0.4) is 0 Å². The second-order valence-corrected chi connectivity index (χ2v) is 20.6. The van der Waals surface area contributed by atoms with Crippen LogP contribution in [0.2, 0.25) is 0 Å². The number of primary amides is 1. The minimum Gasteiger partial charge on any atom is -0.481 e. The highest BCUT2D eigenvalue weighted by Crippen LogP contribution is 2.12. The van der Waals surface area contributed by atoms with Crippen LogP contribution in [0.15, 0.2) is 4.99 Å². The van der Waals surface area contributed by atoms with E-state index >= 15 is 0 Å². The van der Waals surface area contributed by atoms with Gasteiger partial charge in [0.15, 0.2) is 5.96 Å². The van der Waals surface area contributed by atoms with Crippen LogP contribution in [0, 0.1) is 17.8 Å². The summed E-state index contributed by atoms with van der Waals surface area (Å²) in [6.45, 7) is 7.61. The Morgan fingerprint density at radius 2 is 0.859 bits per heavy atom. The van der Waals surface area contributed by atoms with E-state index in [0.717, 1.165) is 0 Å². The summed E-state index contributed by atoms with van der Waals surface area (Å²) < 4.78 is 0. The zero-order valence-corrected chi connectivity index (χ0v) is 46.2. The summed E-state index contributed by atoms with van der Waals surface area (Å²) >= 11 is 1.48. The van der Waals surface area contributed by atoms with Crippen molar-refractivity contribution < 1.29 is 78.0 Å². The molecule has 21 N–H and O–H groups in total. The molecule has 0 aliphatic rings. The predicted octanol–water partition coefficient (Wildman–Crippen LogP) is -5.55. The van der Waals surface area contributed by atoms with Crippen LogP contribution in [0.1, 0.15) is 106 Å². The fraction of sp³-hybridized carbons (Fsp3) is 0.723. The molecule has 0 unspecified atom stereocenters. The third-order valence-electron chi connectivity index (χ3n) is 11.2. The number of carboxylic acids is 2. The normalized spacial score (nSPS) is 14.6. The molecule has 0 aromatic heterocycles. The van der Waals surface area contributed by atoms with Gasteiger partial charge in [0.1, 0.15) is 48.3 Å². The van der Waals surface area contributed by atoms with E-state index in [1.807, 2.05) is 6.26 Å². The van der Waals surface area contributed by atoms with E-state index in [-0.39, 0.29) is 62.4 Å². The molecule has 0 heterocycles. The number of hydrogen-bond donors (Lipinski definition) is 17. The Morgan fingerprint density at radius 1 is 0.487 bits per heavy atom. The van der Waals surface area contributed by atoms with Gasteiger partial charge in [-0.05, 0) is 81.1 Å². The van der Waals surface area contributed by atoms with Crippen LogP contribution in [-0.2, 0) is 57.5 Å². The number of nitrogens with one attached hydrogen (secondary N) is 9. The summed E-state index contributed by atoms with van der Waals surface area (Å²) in [5.74, 6) is -12.9. The fourth-order valence-corrected chi connectivity index (χ4v) is 7.67. The van der Waals surface area contributed by atoms with Crippen LogP contribution in [0.4, 0.5) is 0 Å². The summed E-state index contributed by atoms with van der Waals surface area (Å²) in [6.07, 6.45) is -0.276. The Hall–Kier alpha value is -6.86. The molecule has 0 saturated carbocycles. The summed E-state index contributed by atoms with van der Waals surface area (Å²) in [6, 6.07) is -13.5. The van der Waals surface area contributed by atoms with Crippen LogP contribution in [-0.4, -0.2) is 190 Å². The molecule has 0 aromatic carbocycles. The van der Waals surface area contributed by atoms with Gasteiger partial charge in [0.2, 0.25) is 59.1 Å². The summed E-state index contributed by atoms with van der Waals surface area (Å²) in [5.41, 5.74) is 22.0. The maximum atomic E-state index is 13.9. The van der Waals surface area contributed by atoms with Gasteiger partial charge in [0.05, 0.1) is 25.8 Å². The average Bonchev–Trinajstić information content (AvgIpc) is 3.34. The largest absolute Gasteiger partial charge is 0.481 e. The lowest BCUT2D eigenvalue weighted by Gasteiger charge is -2.28. The molecule has 0 bridgehead atoms. The number of aliphatic hydroxyl groups is 2. The molecule has 0 spiro atoms. The van der Waals surface area contributed by atoms with Crippen molar-refractivity contribution in [1.29, 1.82) is 0 Å². The lowest BCUT2D eigenvalue weighted by Crippen LogP contribution is -2.61. The van der Waals surface area contributed by atoms with Gasteiger partial charge in [0.25, 0.3) is 0 Å². The van der Waals surface area contributed by atoms with E-state index in [1.54, 1.807) is 41.5 Å². The van der Waals surface area contributed by atoms with Gasteiger partial charge >= 0.3 is 11.9 Å². The zero-order chi connectivity index (χ0) is 59.8. The second kappa shape index (κ2) is 37.8. The third kappa shape index (κ3) is 30.2. The first-order valence-electron chi connectivity index (χ1n) is 25.4. The molecule has 0 rings (SSSR count). The number of amides is 10. The van der Waals surface area contributed by atoms with Gasteiger partial charge < -0.3 is 91.2 Å². The van der Waals surface area contributed by atoms with Crippen molar-refractivity contribution >= 4 is 88.7 Å². The fourth-order valence-electron chi connectivity index (χ4n) is 7.18. The van der Waals surface area contributed by atoms with E-state index < -0.39 is 171 Å². The molecule has 0 radical (unpaired) electrons. The summed E-state index contributed by atoms with van der Waals surface area (Å²) in [4.78, 5) is 160. The molecule has 0 aliphatic carbocycles. The van der Waals surface area contributed by atoms with Gasteiger partial charge in [-0.3, -0.25) is 57.7 Å². The van der Waals surface area contributed by atoms with Crippen molar-refractivity contribution in [3.8, 4) is 0 Å². The molecule has 0 saturated heterocycles. The summed E-state index contributed by atoms with van der Waals surface area (Å²) in [7, 11) is 0. The topological polar surface area (TPSA) is 510 Å². The zero-order valence-electron chi connectivity index (χ0n) is 45.4. The first-order chi connectivity index (χ1) is 36.4. The highest BCUT2D eigenvalue weighted by molar-refractivity contribution is 7.98. The molecule has 9 atom stereocenters. The van der Waals surface area contributed by atoms with Crippen LogP contribution >= 0.6 is 11.8 Å². The molecule has 444 valence electrons. The van der Waals surface area contributed by atoms with Gasteiger partial charge in [-0.15, -0.1) is 0 Å². The lowest BCUT2D eigenvalue weighted by molar-refractivity contribution is -0.143. The van der Waals surface area contributed by atoms with Crippen molar-refractivity contribution in [3.63, 3.8) is 0 Å². The molecular weight excluding hydrogens is 1050 g/mol. The van der Waals surface area contributed by atoms with Crippen molar-refractivity contribution in [1.82, 2.24) is 47.9 Å². The first kappa shape index (κ1) is 71.1. The van der Waals surface area contributed by atoms with Gasteiger partial charge in [-0.2, -0.15) is 11.8 Å². The van der Waals surface area contributed by atoms with E-state index in [9.17, 15) is 78.0 Å². The number of carboxylic acid groups (broad SMARTS) is 2. The quantitative estimate of drug-likeness (QED) is 0.0155. The van der Waals surface area contributed by atoms with Crippen LogP contribution in [0.5, 0.6) is 0 Å². The van der Waals surface area contributed by atoms with E-state index in [1.165, 1.54) is 11.8 Å². The summed E-state index contributed by atoms with van der Waals surface area (Å²) in [5, 5.41) is 60.9. The van der Waals surface area contributed by atoms with Crippen LogP contribution in [0.25, 0.3) is 0 Å². The standard InChI is InChI=1S/C47H84N14O16S/c1-23(2)17-30(54-36(65)20-53-38(68)26(48)14-16-78-7)42(72)61-34(22-63)45(75)58-31(18-24(3)4)43(73)56-28(10-12-35(49)64)41(71)60-33(21-62)44(74)57-29(11-13-37(66)67)40(70)55-27(9-8-15-52-47(50)51)39(69)59-32(46(76)77)19-25(5)6/h23-34,62-63H,8-22,48H2,1-7H3,(H2,49,64)(H,53,68)(H,54,65)(H,55,70)(H,56,73)(H,57,74)(H,58,75)(H,59,69)(H,60,71)(H,61,72)(H,66,67)(H,76,77)(H4,50,51,52)/t26-,27-,28-,29-,30-,31-,32-,33-,34-/m0/s1. The average molecular weight is 1130 g/mol. The maximum Gasteiger partial charge on any atom is 0.326 e. The number of aliphatic imine (C=N–C) groups is 1. The van der Waals surface area contributed by atoms with Crippen molar-refractivity contribution in [2.24, 2.45) is 45.7 Å². The Morgan fingerprint density at radius 3 is 1.26 bits per heavy atom. The number of carbonyl (C=O) groups excluding carboxylic acids is 10. The second-order valence-electron chi connectivity index (χ2n) is 19.6. The molecule has 0 aromatic rings. The molecule has 0 fully saturated rings. The number of thioether (sulfide) groups is 1. The van der Waals surface area contributed by atoms with Gasteiger partial charge in [-0.1, -0.05) is 41.5 Å². The number of aliphatic carboxylic acids is 2. The Labute approximate surface area is 457 Å². The van der Waals surface area contributed by atoms with Crippen molar-refractivity contribution in [2.75, 3.05) is 38.3 Å². The number of carbonyl (C=O) groups is 12. The first-order valence-corrected chi connectivity index (χ1v) is 26.8. The number of hydrogen-bond acceptors (Lipinski definition) is 17. The van der Waals surface area contributed by atoms with E-state index in [4.69, 9.17) is 22.9 Å². The Bertz CT molecular complexity index is 2060. The molecular formula is C47H84N14O16S. The molecule has 78 heavy (non-hydrogen) atoms. The number of nitrogens with zero attached hydrogens (tertiary/aromatic N) is 1. The number of guanidine groups is 1. The van der Waals surface area contributed by atoms with Crippen molar-refractivity contribution in [2.45, 2.75) is 160 Å². The van der Waals surface area contributed by atoms with Crippen molar-refractivity contribution in [3.05, 3.63) is 0 Å². The number of aliphatic hydroxyl groups excluding tert-OH is 2. The third-order valence-corrected chi connectivity index (χ3v) is 11.9. The minimum absolute atomic E-state index is 0.0146. The lowest BCUT2D eigenvalue weighted by atomic mass is 10.0. The van der Waals surface area contributed by atoms with Gasteiger partial charge in [-0.25, -0.2) is 4.79 Å². The molecule has 30 nitrogen and oxygen atoms in total. The minimum atomic E-state index is -1.92. The molecule has 31 heteroatoms. The maximum absolute atomic E-state index is 13.9. The predicted molar refractivity (Wildman–Crippen MR) is 285 cm³/mol. The monoisotopic (exact) mass is 1130 g/mol. The highest BCUT2D eigenvalue weighted by atomic mass is 32.2. The Kier molecular flexibility index (Phi) is 34.5. The SMILES string of the molecule is CSCC[C@H](N)C(=O)NCC(=O)N[C@@H](CC(C)C)C(=O)N[C@@H](CO)C(=O)N[C@@H](CC(C)C)C(=O)N[C@@H](CCC(N)=O)C(=O)N[C@@H](CO)C(=O)N[C@@H](CCC(=O)O)C(=O)N[C@@H](CCCN=C(N)N)C(=O)N[C@@H](CC(C)C)C(=O)O. The van der Waals surface area contributed by atoms with E-state index in [2.05, 4.69) is 52.8 Å². The highest BCUT2D eigenvalue weighted by Gasteiger charge is 2.35. The number of nitrogens with two attached hydrogens (primary N) is 4. The van der Waals surface area contributed by atoms with Crippen LogP contribution < -0.4 is 70.8 Å². The van der Waals surface area contributed by atoms with Gasteiger partial charge in [0, 0.05) is 19.4 Å².